The Bertz CT molecular complexity index is 688. The molecule has 0 aliphatic carbocycles. The predicted molar refractivity (Wildman–Crippen MR) is 91.1 cm³/mol. The first-order chi connectivity index (χ1) is 10.6. The number of rotatable bonds is 3. The van der Waals surface area contributed by atoms with Crippen molar-refractivity contribution in [1.82, 2.24) is 5.32 Å². The summed E-state index contributed by atoms with van der Waals surface area (Å²) in [6, 6.07) is 14.7. The number of hydrogen-bond acceptors (Lipinski definition) is 2. The van der Waals surface area contributed by atoms with Gasteiger partial charge in [-0.25, -0.2) is 4.99 Å². The third-order valence-electron chi connectivity index (χ3n) is 2.90. The van der Waals surface area contributed by atoms with Gasteiger partial charge in [-0.1, -0.05) is 53.5 Å². The van der Waals surface area contributed by atoms with Gasteiger partial charge in [0.05, 0.1) is 6.04 Å². The number of guanidine groups is 1. The lowest BCUT2D eigenvalue weighted by atomic mass is 10.1. The summed E-state index contributed by atoms with van der Waals surface area (Å²) in [5.74, 6) is 0.331. The number of nitriles is 1. The number of aliphatic imine (C=N–C) groups is 1. The number of nitrogens with zero attached hydrogens (tertiary/aromatic N) is 2. The van der Waals surface area contributed by atoms with Gasteiger partial charge in [0.15, 0.2) is 6.19 Å². The van der Waals surface area contributed by atoms with Gasteiger partial charge in [0.25, 0.3) is 0 Å². The lowest BCUT2D eigenvalue weighted by molar-refractivity contribution is 0.813. The van der Waals surface area contributed by atoms with E-state index in [2.05, 4.69) is 15.6 Å². The highest BCUT2D eigenvalue weighted by molar-refractivity contribution is 6.35. The highest BCUT2D eigenvalue weighted by Crippen LogP contribution is 2.23. The molecule has 112 valence electrons. The molecule has 0 bridgehead atoms. The fraction of sp³-hybridized carbons (Fsp3) is 0.125. The van der Waals surface area contributed by atoms with Crippen molar-refractivity contribution in [2.24, 2.45) is 4.99 Å². The van der Waals surface area contributed by atoms with E-state index in [0.717, 1.165) is 5.56 Å². The van der Waals surface area contributed by atoms with Gasteiger partial charge in [0.2, 0.25) is 5.96 Å². The molecule has 0 aromatic heterocycles. The molecular formula is C16H14Cl2N4. The van der Waals surface area contributed by atoms with Gasteiger partial charge in [-0.2, -0.15) is 5.26 Å². The number of anilines is 1. The first-order valence-corrected chi connectivity index (χ1v) is 7.35. The molecular weight excluding hydrogens is 319 g/mol. The second kappa shape index (κ2) is 7.69. The van der Waals surface area contributed by atoms with Crippen molar-refractivity contribution in [2.45, 2.75) is 13.0 Å². The van der Waals surface area contributed by atoms with Gasteiger partial charge in [0.1, 0.15) is 0 Å². The largest absolute Gasteiger partial charge is 0.325 e. The molecule has 0 unspecified atom stereocenters. The predicted octanol–water partition coefficient (Wildman–Crippen LogP) is 4.59. The maximum Gasteiger partial charge on any atom is 0.209 e. The van der Waals surface area contributed by atoms with E-state index < -0.39 is 0 Å². The van der Waals surface area contributed by atoms with Crippen LogP contribution in [-0.2, 0) is 0 Å². The van der Waals surface area contributed by atoms with E-state index in [1.807, 2.05) is 43.4 Å². The molecule has 1 atom stereocenters. The van der Waals surface area contributed by atoms with E-state index in [4.69, 9.17) is 28.5 Å². The van der Waals surface area contributed by atoms with Crippen LogP contribution in [0.5, 0.6) is 0 Å². The normalized spacial score (nSPS) is 12.4. The Balaban J connectivity index is 2.22. The third kappa shape index (κ3) is 4.66. The van der Waals surface area contributed by atoms with E-state index in [0.29, 0.717) is 21.7 Å². The molecule has 0 heterocycles. The molecule has 0 spiro atoms. The van der Waals surface area contributed by atoms with E-state index in [1.165, 1.54) is 0 Å². The van der Waals surface area contributed by atoms with Crippen molar-refractivity contribution in [1.29, 1.82) is 5.26 Å². The van der Waals surface area contributed by atoms with Crippen LogP contribution in [0.15, 0.2) is 53.5 Å². The zero-order valence-corrected chi connectivity index (χ0v) is 13.4. The molecule has 2 N–H and O–H groups in total. The lowest BCUT2D eigenvalue weighted by Gasteiger charge is -2.12. The number of benzene rings is 2. The van der Waals surface area contributed by atoms with E-state index >= 15 is 0 Å². The first-order valence-electron chi connectivity index (χ1n) is 6.59. The van der Waals surface area contributed by atoms with Crippen LogP contribution in [0.2, 0.25) is 10.0 Å². The Kier molecular flexibility index (Phi) is 5.65. The maximum atomic E-state index is 8.87. The highest BCUT2D eigenvalue weighted by Gasteiger charge is 2.07. The van der Waals surface area contributed by atoms with Crippen LogP contribution < -0.4 is 10.6 Å². The smallest absolute Gasteiger partial charge is 0.209 e. The van der Waals surface area contributed by atoms with Crippen LogP contribution in [0.25, 0.3) is 0 Å². The molecule has 2 aromatic carbocycles. The minimum Gasteiger partial charge on any atom is -0.325 e. The van der Waals surface area contributed by atoms with Crippen molar-refractivity contribution in [3.63, 3.8) is 0 Å². The fourth-order valence-electron chi connectivity index (χ4n) is 1.91. The van der Waals surface area contributed by atoms with Gasteiger partial charge in [-0.05, 0) is 30.7 Å². The second-order valence-electron chi connectivity index (χ2n) is 4.58. The zero-order chi connectivity index (χ0) is 15.9. The summed E-state index contributed by atoms with van der Waals surface area (Å²) >= 11 is 11.9. The molecule has 0 fully saturated rings. The van der Waals surface area contributed by atoms with Crippen LogP contribution in [0, 0.1) is 11.5 Å². The van der Waals surface area contributed by atoms with Gasteiger partial charge >= 0.3 is 0 Å². The maximum absolute atomic E-state index is 8.87. The van der Waals surface area contributed by atoms with Gasteiger partial charge < -0.3 is 5.32 Å². The Hall–Kier alpha value is -2.22. The average molecular weight is 333 g/mol. The summed E-state index contributed by atoms with van der Waals surface area (Å²) in [7, 11) is 0. The fourth-order valence-corrected chi connectivity index (χ4v) is 2.44. The molecule has 22 heavy (non-hydrogen) atoms. The Morgan fingerprint density at radius 2 is 1.77 bits per heavy atom. The summed E-state index contributed by atoms with van der Waals surface area (Å²) in [6.07, 6.45) is 1.86. The minimum absolute atomic E-state index is 0.112. The Morgan fingerprint density at radius 3 is 2.36 bits per heavy atom. The molecule has 2 rings (SSSR count). The van der Waals surface area contributed by atoms with Crippen molar-refractivity contribution in [3.05, 3.63) is 64.1 Å². The molecule has 0 radical (unpaired) electrons. The second-order valence-corrected chi connectivity index (χ2v) is 5.46. The molecule has 6 heteroatoms. The molecule has 0 aliphatic heterocycles. The summed E-state index contributed by atoms with van der Waals surface area (Å²) in [6.45, 7) is 1.95. The highest BCUT2D eigenvalue weighted by atomic mass is 35.5. The van der Waals surface area contributed by atoms with Crippen LogP contribution in [-0.4, -0.2) is 5.96 Å². The van der Waals surface area contributed by atoms with E-state index in [9.17, 15) is 0 Å². The zero-order valence-electron chi connectivity index (χ0n) is 11.8. The van der Waals surface area contributed by atoms with Gasteiger partial charge in [0, 0.05) is 15.7 Å². The van der Waals surface area contributed by atoms with Crippen molar-refractivity contribution < 1.29 is 0 Å². The van der Waals surface area contributed by atoms with Gasteiger partial charge in [-0.3, -0.25) is 5.32 Å². The summed E-state index contributed by atoms with van der Waals surface area (Å²) in [5, 5.41) is 15.4. The average Bonchev–Trinajstić information content (AvgIpc) is 2.47. The summed E-state index contributed by atoms with van der Waals surface area (Å²) in [5.41, 5.74) is 1.70. The van der Waals surface area contributed by atoms with Crippen molar-refractivity contribution >= 4 is 34.8 Å². The molecule has 0 saturated heterocycles. The molecule has 4 nitrogen and oxygen atoms in total. The van der Waals surface area contributed by atoms with E-state index in [-0.39, 0.29) is 6.04 Å². The molecule has 2 aromatic rings. The van der Waals surface area contributed by atoms with Crippen LogP contribution >= 0.6 is 23.2 Å². The Labute approximate surface area is 139 Å². The van der Waals surface area contributed by atoms with Crippen molar-refractivity contribution in [2.75, 3.05) is 5.32 Å². The SMILES string of the molecule is C[C@@H](N=C(NC#N)Nc1cc(Cl)cc(Cl)c1)c1ccccc1. The minimum atomic E-state index is -0.112. The van der Waals surface area contributed by atoms with E-state index in [1.54, 1.807) is 18.2 Å². The Morgan fingerprint density at radius 1 is 1.14 bits per heavy atom. The van der Waals surface area contributed by atoms with Crippen LogP contribution in [0.3, 0.4) is 0 Å². The van der Waals surface area contributed by atoms with Crippen LogP contribution in [0.4, 0.5) is 5.69 Å². The quantitative estimate of drug-likeness (QED) is 0.374. The third-order valence-corrected chi connectivity index (χ3v) is 3.34. The topological polar surface area (TPSA) is 60.2 Å². The molecule has 0 amide bonds. The number of hydrogen-bond donors (Lipinski definition) is 2. The summed E-state index contributed by atoms with van der Waals surface area (Å²) < 4.78 is 0. The van der Waals surface area contributed by atoms with Crippen LogP contribution in [0.1, 0.15) is 18.5 Å². The number of halogens is 2. The monoisotopic (exact) mass is 332 g/mol. The standard InChI is InChI=1S/C16H14Cl2N4/c1-11(12-5-3-2-4-6-12)21-16(20-10-19)22-15-8-13(17)7-14(18)9-15/h2-9,11H,1H3,(H2,20,21,22)/t11-/m1/s1. The lowest BCUT2D eigenvalue weighted by Crippen LogP contribution is -2.27. The summed E-state index contributed by atoms with van der Waals surface area (Å²) in [4.78, 5) is 4.48. The molecule has 0 aliphatic rings. The van der Waals surface area contributed by atoms with Crippen molar-refractivity contribution in [3.8, 4) is 6.19 Å². The number of nitrogens with one attached hydrogen (secondary N) is 2. The first kappa shape index (κ1) is 16.2. The molecule has 0 saturated carbocycles. The van der Waals surface area contributed by atoms with Gasteiger partial charge in [-0.15, -0.1) is 0 Å².